The molecule has 6 aliphatic rings. The second-order valence-electron chi connectivity index (χ2n) is 20.1. The molecule has 6 rings (SSSR count). The van der Waals surface area contributed by atoms with Crippen LogP contribution >= 0.6 is 11.8 Å². The number of β-lactam (4-membered cyclic amide) rings is 1. The first kappa shape index (κ1) is 43.9. The Morgan fingerprint density at radius 2 is 1.72 bits per heavy atom. The molecule has 12 nitrogen and oxygen atoms in total. The lowest BCUT2D eigenvalue weighted by Crippen LogP contribution is -2.71. The number of hydrogen-bond donors (Lipinski definition) is 7. The molecule has 1 saturated heterocycles. The summed E-state index contributed by atoms with van der Waals surface area (Å²) < 4.78 is 0. The van der Waals surface area contributed by atoms with Crippen LogP contribution in [-0.4, -0.2) is 92.0 Å². The molecular formula is C44H69N5O7S. The Morgan fingerprint density at radius 1 is 1.02 bits per heavy atom. The fourth-order valence-electron chi connectivity index (χ4n) is 11.8. The summed E-state index contributed by atoms with van der Waals surface area (Å²) >= 11 is 1.51. The van der Waals surface area contributed by atoms with Gasteiger partial charge in [0.25, 0.3) is 11.8 Å². The third kappa shape index (κ3) is 8.41. The molecule has 2 aliphatic heterocycles. The van der Waals surface area contributed by atoms with Gasteiger partial charge in [0.2, 0.25) is 11.8 Å². The van der Waals surface area contributed by atoms with Gasteiger partial charge in [0.15, 0.2) is 0 Å². The van der Waals surface area contributed by atoms with E-state index in [0.29, 0.717) is 61.5 Å². The number of aliphatic hydroxyl groups excluding tert-OH is 3. The van der Waals surface area contributed by atoms with E-state index >= 15 is 0 Å². The fourth-order valence-corrected chi connectivity index (χ4v) is 13.1. The van der Waals surface area contributed by atoms with Crippen molar-refractivity contribution in [1.82, 2.24) is 20.9 Å². The van der Waals surface area contributed by atoms with Gasteiger partial charge in [-0.15, -0.1) is 24.1 Å². The maximum atomic E-state index is 13.7. The van der Waals surface area contributed by atoms with Gasteiger partial charge in [-0.25, -0.2) is 0 Å². The molecule has 0 aromatic heterocycles. The summed E-state index contributed by atoms with van der Waals surface area (Å²) in [7, 11) is 0. The van der Waals surface area contributed by atoms with Crippen molar-refractivity contribution in [3.05, 3.63) is 11.3 Å². The van der Waals surface area contributed by atoms with Gasteiger partial charge < -0.3 is 37.0 Å². The number of terminal acetylenes is 1. The minimum absolute atomic E-state index is 0.0426. The van der Waals surface area contributed by atoms with Crippen LogP contribution in [0.25, 0.3) is 0 Å². The minimum atomic E-state index is -0.848. The van der Waals surface area contributed by atoms with E-state index in [1.54, 1.807) is 6.92 Å². The number of aliphatic hydroxyl groups is 3. The Kier molecular flexibility index (Phi) is 12.9. The van der Waals surface area contributed by atoms with Crippen LogP contribution in [0.5, 0.6) is 0 Å². The van der Waals surface area contributed by atoms with Crippen molar-refractivity contribution >= 4 is 35.4 Å². The van der Waals surface area contributed by atoms with E-state index in [1.807, 2.05) is 27.7 Å². The number of rotatable bonds is 13. The summed E-state index contributed by atoms with van der Waals surface area (Å²) in [4.78, 5) is 55.3. The number of carbonyl (C=O) groups excluding carboxylic acids is 4. The van der Waals surface area contributed by atoms with Crippen LogP contribution in [0.1, 0.15) is 119 Å². The van der Waals surface area contributed by atoms with E-state index in [0.717, 1.165) is 44.1 Å². The molecule has 13 heteroatoms. The predicted octanol–water partition coefficient (Wildman–Crippen LogP) is 3.63. The summed E-state index contributed by atoms with van der Waals surface area (Å²) in [5, 5.41) is 41.5. The Morgan fingerprint density at radius 3 is 2.40 bits per heavy atom. The highest BCUT2D eigenvalue weighted by atomic mass is 32.2. The molecule has 14 unspecified atom stereocenters. The van der Waals surface area contributed by atoms with Gasteiger partial charge >= 0.3 is 0 Å². The molecule has 0 aromatic carbocycles. The average molecular weight is 812 g/mol. The van der Waals surface area contributed by atoms with Gasteiger partial charge in [-0.1, -0.05) is 27.7 Å². The molecule has 0 spiro atoms. The van der Waals surface area contributed by atoms with Crippen LogP contribution in [0.3, 0.4) is 0 Å². The number of hydrogen-bond acceptors (Lipinski definition) is 9. The van der Waals surface area contributed by atoms with Crippen LogP contribution in [-0.2, 0) is 19.2 Å². The molecule has 0 aromatic rings. The van der Waals surface area contributed by atoms with Gasteiger partial charge in [-0.3, -0.25) is 24.1 Å². The summed E-state index contributed by atoms with van der Waals surface area (Å²) in [6.45, 7) is 13.9. The lowest BCUT2D eigenvalue weighted by atomic mass is 9.45. The molecular weight excluding hydrogens is 743 g/mol. The van der Waals surface area contributed by atoms with E-state index in [2.05, 4.69) is 35.7 Å². The van der Waals surface area contributed by atoms with Crippen LogP contribution in [0.15, 0.2) is 11.3 Å². The largest absolute Gasteiger partial charge is 0.393 e. The fraction of sp³-hybridized carbons (Fsp3) is 0.818. The summed E-state index contributed by atoms with van der Waals surface area (Å²) in [6, 6.07) is -0.733. The maximum Gasteiger partial charge on any atom is 0.269 e. The van der Waals surface area contributed by atoms with Crippen molar-refractivity contribution in [2.24, 2.45) is 63.4 Å². The quantitative estimate of drug-likeness (QED) is 0.0827. The van der Waals surface area contributed by atoms with Crippen LogP contribution < -0.4 is 21.7 Å². The number of thioether (sulfide) groups is 1. The lowest BCUT2D eigenvalue weighted by molar-refractivity contribution is -0.213. The number of nitrogens with two attached hydrogens (primary N) is 1. The zero-order valence-corrected chi connectivity index (χ0v) is 36.0. The first-order valence-electron chi connectivity index (χ1n) is 21.5. The maximum absolute atomic E-state index is 13.7. The van der Waals surface area contributed by atoms with Crippen molar-refractivity contribution in [1.29, 1.82) is 0 Å². The second kappa shape index (κ2) is 16.8. The Hall–Kier alpha value is -2.63. The van der Waals surface area contributed by atoms with E-state index < -0.39 is 47.2 Å². The Balaban J connectivity index is 0.996. The number of nitrogens with zero attached hydrogens (tertiary/aromatic N) is 1. The molecule has 2 heterocycles. The second-order valence-corrected chi connectivity index (χ2v) is 21.2. The van der Waals surface area contributed by atoms with E-state index in [1.165, 1.54) is 16.7 Å². The number of fused-ring (bicyclic) bond motifs is 6. The highest BCUT2D eigenvalue weighted by Crippen LogP contribution is 2.64. The molecule has 0 bridgehead atoms. The van der Waals surface area contributed by atoms with Gasteiger partial charge in [-0.05, 0) is 137 Å². The SMILES string of the molecule is C#CC(C)(C)CCC(C)(C)C(=O)NC(CN)NC(=O)C1=C(C)CSC2C(NC(=O)CCC(C)C3CCC4C3CCC3C4C(O)C(O)C4CC(O)CCC43C)C(=O)N12. The zero-order valence-electron chi connectivity index (χ0n) is 35.2. The van der Waals surface area contributed by atoms with Crippen molar-refractivity contribution in [2.75, 3.05) is 12.3 Å². The van der Waals surface area contributed by atoms with Crippen LogP contribution in [0.4, 0.5) is 0 Å². The van der Waals surface area contributed by atoms with Gasteiger partial charge in [0.1, 0.15) is 23.3 Å². The Labute approximate surface area is 344 Å². The van der Waals surface area contributed by atoms with Gasteiger partial charge in [0, 0.05) is 29.5 Å². The minimum Gasteiger partial charge on any atom is -0.393 e. The number of carbonyl (C=O) groups is 4. The molecule has 4 amide bonds. The summed E-state index contributed by atoms with van der Waals surface area (Å²) in [5.74, 6) is 3.85. The van der Waals surface area contributed by atoms with Gasteiger partial charge in [-0.2, -0.15) is 0 Å². The van der Waals surface area contributed by atoms with Crippen molar-refractivity contribution in [3.8, 4) is 12.3 Å². The first-order chi connectivity index (χ1) is 26.7. The average Bonchev–Trinajstić information content (AvgIpc) is 3.62. The monoisotopic (exact) mass is 811 g/mol. The van der Waals surface area contributed by atoms with E-state index in [4.69, 9.17) is 12.2 Å². The molecule has 4 saturated carbocycles. The van der Waals surface area contributed by atoms with Crippen molar-refractivity contribution in [3.63, 3.8) is 0 Å². The number of amides is 4. The Bertz CT molecular complexity index is 1640. The van der Waals surface area contributed by atoms with Crippen LogP contribution in [0.2, 0.25) is 0 Å². The zero-order chi connectivity index (χ0) is 41.8. The molecule has 0 radical (unpaired) electrons. The topological polar surface area (TPSA) is 194 Å². The third-order valence-electron chi connectivity index (χ3n) is 15.6. The standard InChI is InChI=1S/C44H69N5O7S/c1-9-42(4,5)18-19-43(6,7)41(56)47-31(21-45)46-38(54)35-24(3)22-57-40-34(39(55)49(35)40)48-32(51)15-10-23(2)26-11-12-28-27(26)13-14-29-33(28)37(53)36(52)30-20-25(50)16-17-44(29,30)8/h1,23,25-31,33-34,36-37,40,50,52-53H,10-22,45H2,2-8H3,(H,46,54)(H,47,56)(H,48,51). The molecule has 4 aliphatic carbocycles. The summed E-state index contributed by atoms with van der Waals surface area (Å²) in [6.07, 6.45) is 11.4. The third-order valence-corrected chi connectivity index (χ3v) is 17.0. The summed E-state index contributed by atoms with van der Waals surface area (Å²) in [5.41, 5.74) is 5.77. The molecule has 318 valence electrons. The predicted molar refractivity (Wildman–Crippen MR) is 220 cm³/mol. The lowest BCUT2D eigenvalue weighted by Gasteiger charge is -2.61. The highest BCUT2D eigenvalue weighted by Gasteiger charge is 2.62. The molecule has 14 atom stereocenters. The first-order valence-corrected chi connectivity index (χ1v) is 22.6. The van der Waals surface area contributed by atoms with Crippen molar-refractivity contribution < 1.29 is 34.5 Å². The van der Waals surface area contributed by atoms with E-state index in [9.17, 15) is 34.5 Å². The van der Waals surface area contributed by atoms with Crippen molar-refractivity contribution in [2.45, 2.75) is 155 Å². The van der Waals surface area contributed by atoms with Gasteiger partial charge in [0.05, 0.1) is 18.3 Å². The smallest absolute Gasteiger partial charge is 0.269 e. The number of nitrogens with one attached hydrogen (secondary N) is 3. The normalized spacial score (nSPS) is 37.3. The molecule has 5 fully saturated rings. The highest BCUT2D eigenvalue weighted by molar-refractivity contribution is 8.00. The van der Waals surface area contributed by atoms with Crippen LogP contribution in [0, 0.1) is 70.0 Å². The van der Waals surface area contributed by atoms with E-state index in [-0.39, 0.29) is 58.5 Å². The molecule has 57 heavy (non-hydrogen) atoms. The molecule has 8 N–H and O–H groups in total.